The molecular weight excluding hydrogens is 334 g/mol. The molecule has 1 fully saturated rings. The SMILES string of the molecule is CCC(CN1CCCC1)C(CNC(N)=O)(c1ccccc1)c1ccccc1. The van der Waals surface area contributed by atoms with E-state index in [0.29, 0.717) is 12.5 Å². The van der Waals surface area contributed by atoms with Crippen LogP contribution in [0.3, 0.4) is 0 Å². The lowest BCUT2D eigenvalue weighted by Gasteiger charge is -2.43. The predicted octanol–water partition coefficient (Wildman–Crippen LogP) is 3.76. The summed E-state index contributed by atoms with van der Waals surface area (Å²) in [5, 5.41) is 2.94. The van der Waals surface area contributed by atoms with Gasteiger partial charge in [0.1, 0.15) is 0 Å². The van der Waals surface area contributed by atoms with Gasteiger partial charge in [0.05, 0.1) is 0 Å². The van der Waals surface area contributed by atoms with Gasteiger partial charge in [0, 0.05) is 18.5 Å². The average molecular weight is 366 g/mol. The monoisotopic (exact) mass is 365 g/mol. The number of nitrogens with two attached hydrogens (primary N) is 1. The second-order valence-electron chi connectivity index (χ2n) is 7.53. The molecule has 3 N–H and O–H groups in total. The van der Waals surface area contributed by atoms with Gasteiger partial charge >= 0.3 is 6.03 Å². The number of nitrogens with zero attached hydrogens (tertiary/aromatic N) is 1. The second-order valence-corrected chi connectivity index (χ2v) is 7.53. The summed E-state index contributed by atoms with van der Waals surface area (Å²) in [5.74, 6) is 0.368. The van der Waals surface area contributed by atoms with Crippen LogP contribution in [0.25, 0.3) is 0 Å². The number of nitrogens with one attached hydrogen (secondary N) is 1. The molecule has 1 atom stereocenters. The number of carbonyl (C=O) groups is 1. The average Bonchev–Trinajstić information content (AvgIpc) is 3.22. The zero-order valence-corrected chi connectivity index (χ0v) is 16.2. The third kappa shape index (κ3) is 4.33. The number of benzene rings is 2. The topological polar surface area (TPSA) is 58.4 Å². The number of primary amides is 1. The third-order valence-electron chi connectivity index (χ3n) is 5.99. The smallest absolute Gasteiger partial charge is 0.312 e. The van der Waals surface area contributed by atoms with Crippen LogP contribution in [0.2, 0.25) is 0 Å². The van der Waals surface area contributed by atoms with Gasteiger partial charge < -0.3 is 16.0 Å². The van der Waals surface area contributed by atoms with Crippen molar-refractivity contribution in [1.82, 2.24) is 10.2 Å². The Kier molecular flexibility index (Phi) is 6.51. The molecular formula is C23H31N3O. The number of rotatable bonds is 8. The van der Waals surface area contributed by atoms with Crippen molar-refractivity contribution in [3.63, 3.8) is 0 Å². The first-order valence-corrected chi connectivity index (χ1v) is 10.0. The molecule has 27 heavy (non-hydrogen) atoms. The Morgan fingerprint density at radius 2 is 1.56 bits per heavy atom. The first-order chi connectivity index (χ1) is 13.2. The maximum atomic E-state index is 11.7. The summed E-state index contributed by atoms with van der Waals surface area (Å²) in [7, 11) is 0. The summed E-state index contributed by atoms with van der Waals surface area (Å²) in [6.45, 7) is 6.12. The molecule has 4 nitrogen and oxygen atoms in total. The first kappa shape index (κ1) is 19.4. The Balaban J connectivity index is 2.10. The van der Waals surface area contributed by atoms with Crippen LogP contribution in [-0.4, -0.2) is 37.1 Å². The lowest BCUT2D eigenvalue weighted by atomic mass is 9.64. The van der Waals surface area contributed by atoms with Gasteiger partial charge in [0.2, 0.25) is 0 Å². The predicted molar refractivity (Wildman–Crippen MR) is 111 cm³/mol. The number of amides is 2. The highest BCUT2D eigenvalue weighted by atomic mass is 16.2. The maximum absolute atomic E-state index is 11.7. The molecule has 144 valence electrons. The molecule has 1 aliphatic rings. The van der Waals surface area contributed by atoms with E-state index in [4.69, 9.17) is 5.73 Å². The fourth-order valence-corrected chi connectivity index (χ4v) is 4.59. The van der Waals surface area contributed by atoms with Gasteiger partial charge in [-0.2, -0.15) is 0 Å². The van der Waals surface area contributed by atoms with Crippen LogP contribution in [0.4, 0.5) is 4.79 Å². The summed E-state index contributed by atoms with van der Waals surface area (Å²) in [6, 6.07) is 20.7. The van der Waals surface area contributed by atoms with Crippen molar-refractivity contribution < 1.29 is 4.79 Å². The lowest BCUT2D eigenvalue weighted by molar-refractivity contribution is 0.200. The van der Waals surface area contributed by atoms with Crippen LogP contribution >= 0.6 is 0 Å². The largest absolute Gasteiger partial charge is 0.352 e. The van der Waals surface area contributed by atoms with Crippen molar-refractivity contribution in [2.24, 2.45) is 11.7 Å². The van der Waals surface area contributed by atoms with Crippen molar-refractivity contribution >= 4 is 6.03 Å². The second kappa shape index (κ2) is 9.05. The van der Waals surface area contributed by atoms with E-state index in [-0.39, 0.29) is 5.41 Å². The Bertz CT molecular complexity index is 671. The molecule has 2 amide bonds. The van der Waals surface area contributed by atoms with E-state index in [9.17, 15) is 4.79 Å². The minimum absolute atomic E-state index is 0.311. The summed E-state index contributed by atoms with van der Waals surface area (Å²) >= 11 is 0. The van der Waals surface area contributed by atoms with Crippen LogP contribution in [-0.2, 0) is 5.41 Å². The van der Waals surface area contributed by atoms with Crippen LogP contribution in [0.1, 0.15) is 37.3 Å². The van der Waals surface area contributed by atoms with Crippen molar-refractivity contribution in [3.05, 3.63) is 71.8 Å². The molecule has 1 aliphatic heterocycles. The van der Waals surface area contributed by atoms with Gasteiger partial charge in [-0.25, -0.2) is 4.79 Å². The number of hydrogen-bond acceptors (Lipinski definition) is 2. The summed E-state index contributed by atoms with van der Waals surface area (Å²) < 4.78 is 0. The molecule has 4 heteroatoms. The van der Waals surface area contributed by atoms with Gasteiger partial charge in [-0.3, -0.25) is 0 Å². The Morgan fingerprint density at radius 1 is 1.04 bits per heavy atom. The van der Waals surface area contributed by atoms with Gasteiger partial charge in [-0.05, 0) is 43.0 Å². The first-order valence-electron chi connectivity index (χ1n) is 10.0. The third-order valence-corrected chi connectivity index (χ3v) is 5.99. The molecule has 1 unspecified atom stereocenters. The molecule has 0 aromatic heterocycles. The quantitative estimate of drug-likeness (QED) is 0.748. The fraction of sp³-hybridized carbons (Fsp3) is 0.435. The van der Waals surface area contributed by atoms with E-state index in [1.165, 1.54) is 37.1 Å². The van der Waals surface area contributed by atoms with E-state index in [1.807, 2.05) is 12.1 Å². The minimum Gasteiger partial charge on any atom is -0.352 e. The zero-order chi connectivity index (χ0) is 19.1. The van der Waals surface area contributed by atoms with Crippen molar-refractivity contribution in [3.8, 4) is 0 Å². The molecule has 2 aromatic carbocycles. The summed E-state index contributed by atoms with van der Waals surface area (Å²) in [4.78, 5) is 14.2. The van der Waals surface area contributed by atoms with Crippen LogP contribution in [0, 0.1) is 5.92 Å². The molecule has 1 saturated heterocycles. The van der Waals surface area contributed by atoms with Crippen molar-refractivity contribution in [1.29, 1.82) is 0 Å². The fourth-order valence-electron chi connectivity index (χ4n) is 4.59. The Hall–Kier alpha value is -2.33. The van der Waals surface area contributed by atoms with E-state index < -0.39 is 6.03 Å². The van der Waals surface area contributed by atoms with Crippen LogP contribution in [0.15, 0.2) is 60.7 Å². The minimum atomic E-state index is -0.470. The highest BCUT2D eigenvalue weighted by Gasteiger charge is 2.42. The highest BCUT2D eigenvalue weighted by molar-refractivity contribution is 5.72. The zero-order valence-electron chi connectivity index (χ0n) is 16.2. The number of urea groups is 1. The van der Waals surface area contributed by atoms with Crippen LogP contribution < -0.4 is 11.1 Å². The molecule has 0 saturated carbocycles. The van der Waals surface area contributed by atoms with E-state index >= 15 is 0 Å². The number of hydrogen-bond donors (Lipinski definition) is 2. The maximum Gasteiger partial charge on any atom is 0.312 e. The summed E-state index contributed by atoms with van der Waals surface area (Å²) in [5.41, 5.74) is 7.65. The van der Waals surface area contributed by atoms with E-state index in [0.717, 1.165) is 13.0 Å². The van der Waals surface area contributed by atoms with Gasteiger partial charge in [-0.1, -0.05) is 74.0 Å². The standard InChI is InChI=1S/C23H31N3O/c1-2-19(17-26-15-9-10-16-26)23(18-25-22(24)27,20-11-5-3-6-12-20)21-13-7-4-8-14-21/h3-8,11-14,19H,2,9-10,15-18H2,1H3,(H3,24,25,27). The molecule has 2 aromatic rings. The summed E-state index contributed by atoms with van der Waals surface area (Å²) in [6.07, 6.45) is 3.58. The molecule has 0 spiro atoms. The molecule has 0 radical (unpaired) electrons. The molecule has 0 aliphatic carbocycles. The molecule has 1 heterocycles. The van der Waals surface area contributed by atoms with Crippen LogP contribution in [0.5, 0.6) is 0 Å². The number of carbonyl (C=O) groups excluding carboxylic acids is 1. The Morgan fingerprint density at radius 3 is 2.00 bits per heavy atom. The van der Waals surface area contributed by atoms with E-state index in [2.05, 4.69) is 65.7 Å². The van der Waals surface area contributed by atoms with Gasteiger partial charge in [0.15, 0.2) is 0 Å². The molecule has 0 bridgehead atoms. The van der Waals surface area contributed by atoms with E-state index in [1.54, 1.807) is 0 Å². The highest BCUT2D eigenvalue weighted by Crippen LogP contribution is 2.41. The van der Waals surface area contributed by atoms with Gasteiger partial charge in [0.25, 0.3) is 0 Å². The lowest BCUT2D eigenvalue weighted by Crippen LogP contribution is -2.51. The molecule has 3 rings (SSSR count). The normalized spacial score (nSPS) is 16.2. The van der Waals surface area contributed by atoms with Crippen molar-refractivity contribution in [2.45, 2.75) is 31.6 Å². The Labute approximate surface area is 162 Å². The van der Waals surface area contributed by atoms with Gasteiger partial charge in [-0.15, -0.1) is 0 Å². The number of likely N-dealkylation sites (tertiary alicyclic amines) is 1. The van der Waals surface area contributed by atoms with Crippen molar-refractivity contribution in [2.75, 3.05) is 26.2 Å².